The highest BCUT2D eigenvalue weighted by atomic mass is 79.9. The fraction of sp³-hybridized carbons (Fsp3) is 0.176. The Morgan fingerprint density at radius 2 is 2.04 bits per heavy atom. The van der Waals surface area contributed by atoms with Gasteiger partial charge in [0.2, 0.25) is 23.2 Å². The zero-order chi connectivity index (χ0) is 19.1. The molecule has 2 aromatic heterocycles. The SMILES string of the molecule is CSc1nnc2c(n1)OC(c1ccc(Br)o1)N(C(C)=O)c1ccc(Br)cc1-2. The molecule has 0 N–H and O–H groups in total. The van der Waals surface area contributed by atoms with Crippen LogP contribution in [0.4, 0.5) is 5.69 Å². The van der Waals surface area contributed by atoms with Gasteiger partial charge in [-0.2, -0.15) is 4.98 Å². The number of aromatic nitrogens is 3. The van der Waals surface area contributed by atoms with Gasteiger partial charge in [0.25, 0.3) is 0 Å². The molecular weight excluding hydrogens is 500 g/mol. The predicted octanol–water partition coefficient (Wildman–Crippen LogP) is 4.82. The van der Waals surface area contributed by atoms with E-state index < -0.39 is 6.23 Å². The molecule has 1 aliphatic heterocycles. The number of carbonyl (C=O) groups is 1. The summed E-state index contributed by atoms with van der Waals surface area (Å²) in [7, 11) is 0. The van der Waals surface area contributed by atoms with E-state index in [0.717, 1.165) is 4.47 Å². The second-order valence-corrected chi connectivity index (χ2v) is 8.09. The largest absolute Gasteiger partial charge is 0.448 e. The van der Waals surface area contributed by atoms with Crippen LogP contribution in [-0.4, -0.2) is 27.3 Å². The van der Waals surface area contributed by atoms with Crippen molar-refractivity contribution >= 4 is 55.2 Å². The maximum atomic E-state index is 12.6. The first kappa shape index (κ1) is 18.5. The van der Waals surface area contributed by atoms with Gasteiger partial charge >= 0.3 is 0 Å². The van der Waals surface area contributed by atoms with Crippen molar-refractivity contribution in [2.75, 3.05) is 11.2 Å². The van der Waals surface area contributed by atoms with Gasteiger partial charge in [0, 0.05) is 17.0 Å². The lowest BCUT2D eigenvalue weighted by molar-refractivity contribution is -0.118. The van der Waals surface area contributed by atoms with E-state index >= 15 is 0 Å². The Hall–Kier alpha value is -1.91. The Morgan fingerprint density at radius 1 is 1.22 bits per heavy atom. The monoisotopic (exact) mass is 510 g/mol. The summed E-state index contributed by atoms with van der Waals surface area (Å²) in [5.41, 5.74) is 1.79. The zero-order valence-electron chi connectivity index (χ0n) is 14.1. The Morgan fingerprint density at radius 3 is 2.70 bits per heavy atom. The number of fused-ring (bicyclic) bond motifs is 3. The Labute approximate surface area is 175 Å². The number of rotatable bonds is 2. The van der Waals surface area contributed by atoms with E-state index in [4.69, 9.17) is 9.15 Å². The fourth-order valence-corrected chi connectivity index (χ4v) is 3.79. The number of thioether (sulfide) groups is 1. The summed E-state index contributed by atoms with van der Waals surface area (Å²) in [4.78, 5) is 18.6. The van der Waals surface area contributed by atoms with Gasteiger partial charge < -0.3 is 9.15 Å². The van der Waals surface area contributed by atoms with Crippen molar-refractivity contribution in [3.8, 4) is 17.1 Å². The highest BCUT2D eigenvalue weighted by molar-refractivity contribution is 9.10. The van der Waals surface area contributed by atoms with Crippen molar-refractivity contribution in [1.29, 1.82) is 0 Å². The van der Waals surface area contributed by atoms with E-state index in [1.807, 2.05) is 24.5 Å². The van der Waals surface area contributed by atoms with E-state index in [0.29, 0.717) is 32.5 Å². The second kappa shape index (κ2) is 7.25. The van der Waals surface area contributed by atoms with Gasteiger partial charge in [0.15, 0.2) is 16.1 Å². The van der Waals surface area contributed by atoms with Crippen molar-refractivity contribution in [2.45, 2.75) is 18.3 Å². The number of anilines is 1. The van der Waals surface area contributed by atoms with Gasteiger partial charge in [-0.1, -0.05) is 27.7 Å². The van der Waals surface area contributed by atoms with E-state index in [-0.39, 0.29) is 11.8 Å². The van der Waals surface area contributed by atoms with Gasteiger partial charge in [-0.05, 0) is 52.5 Å². The van der Waals surface area contributed by atoms with Crippen LogP contribution in [0.1, 0.15) is 18.9 Å². The summed E-state index contributed by atoms with van der Waals surface area (Å²) < 4.78 is 13.2. The Bertz CT molecular complexity index is 1040. The smallest absolute Gasteiger partial charge is 0.247 e. The topological polar surface area (TPSA) is 81.3 Å². The van der Waals surface area contributed by atoms with Crippen LogP contribution < -0.4 is 9.64 Å². The predicted molar refractivity (Wildman–Crippen MR) is 108 cm³/mol. The molecule has 1 atom stereocenters. The van der Waals surface area contributed by atoms with Crippen molar-refractivity contribution in [3.05, 3.63) is 45.2 Å². The summed E-state index contributed by atoms with van der Waals surface area (Å²) in [6.45, 7) is 1.47. The maximum Gasteiger partial charge on any atom is 0.247 e. The van der Waals surface area contributed by atoms with Crippen molar-refractivity contribution in [2.24, 2.45) is 0 Å². The van der Waals surface area contributed by atoms with E-state index in [1.165, 1.54) is 23.6 Å². The lowest BCUT2D eigenvalue weighted by Crippen LogP contribution is -2.35. The molecule has 138 valence electrons. The minimum absolute atomic E-state index is 0.207. The number of hydrogen-bond donors (Lipinski definition) is 0. The molecular formula is C17H12Br2N4O3S. The summed E-state index contributed by atoms with van der Waals surface area (Å²) in [5.74, 6) is 0.542. The number of furan rings is 1. The fourth-order valence-electron chi connectivity index (χ4n) is 2.81. The van der Waals surface area contributed by atoms with Gasteiger partial charge in [-0.25, -0.2) is 0 Å². The third-order valence-corrected chi connectivity index (χ3v) is 5.38. The molecule has 0 radical (unpaired) electrons. The molecule has 1 amide bonds. The summed E-state index contributed by atoms with van der Waals surface area (Å²) >= 11 is 8.13. The number of hydrogen-bond acceptors (Lipinski definition) is 7. The van der Waals surface area contributed by atoms with Gasteiger partial charge in [0.05, 0.1) is 5.69 Å². The molecule has 4 rings (SSSR count). The third-order valence-electron chi connectivity index (χ3n) is 3.93. The van der Waals surface area contributed by atoms with Crippen LogP contribution >= 0.6 is 43.6 Å². The van der Waals surface area contributed by atoms with Crippen molar-refractivity contribution < 1.29 is 13.9 Å². The van der Waals surface area contributed by atoms with Gasteiger partial charge in [-0.3, -0.25) is 9.69 Å². The first-order chi connectivity index (χ1) is 13.0. The lowest BCUT2D eigenvalue weighted by atomic mass is 10.1. The number of ether oxygens (including phenoxy) is 1. The Kier molecular flexibility index (Phi) is 4.95. The van der Waals surface area contributed by atoms with E-state index in [1.54, 1.807) is 12.1 Å². The molecule has 3 heterocycles. The summed E-state index contributed by atoms with van der Waals surface area (Å²) in [6, 6.07) is 9.04. The average molecular weight is 512 g/mol. The molecule has 0 fully saturated rings. The lowest BCUT2D eigenvalue weighted by Gasteiger charge is -2.28. The molecule has 1 aromatic carbocycles. The quantitative estimate of drug-likeness (QED) is 0.456. The molecule has 7 nitrogen and oxygen atoms in total. The molecule has 0 aliphatic carbocycles. The Balaban J connectivity index is 2.00. The van der Waals surface area contributed by atoms with Crippen LogP contribution in [0.5, 0.6) is 5.88 Å². The van der Waals surface area contributed by atoms with Crippen LogP contribution in [-0.2, 0) is 4.79 Å². The van der Waals surface area contributed by atoms with Crippen LogP contribution in [0, 0.1) is 0 Å². The van der Waals surface area contributed by atoms with Gasteiger partial charge in [-0.15, -0.1) is 10.2 Å². The van der Waals surface area contributed by atoms with Crippen LogP contribution in [0.2, 0.25) is 0 Å². The number of benzene rings is 1. The first-order valence-corrected chi connectivity index (χ1v) is 10.6. The van der Waals surface area contributed by atoms with Crippen LogP contribution in [0.15, 0.2) is 49.0 Å². The molecule has 1 aliphatic rings. The second-order valence-electron chi connectivity index (χ2n) is 5.61. The zero-order valence-corrected chi connectivity index (χ0v) is 18.1. The molecule has 0 bridgehead atoms. The molecule has 27 heavy (non-hydrogen) atoms. The molecule has 0 spiro atoms. The molecule has 0 saturated carbocycles. The van der Waals surface area contributed by atoms with Gasteiger partial charge in [0.1, 0.15) is 0 Å². The molecule has 0 saturated heterocycles. The normalized spacial score (nSPS) is 15.6. The van der Waals surface area contributed by atoms with Crippen LogP contribution in [0.3, 0.4) is 0 Å². The minimum Gasteiger partial charge on any atom is -0.448 e. The molecule has 10 heteroatoms. The summed E-state index contributed by atoms with van der Waals surface area (Å²) in [6.07, 6.45) is 1.02. The highest BCUT2D eigenvalue weighted by Gasteiger charge is 2.36. The van der Waals surface area contributed by atoms with Crippen molar-refractivity contribution in [3.63, 3.8) is 0 Å². The first-order valence-electron chi connectivity index (χ1n) is 7.78. The third kappa shape index (κ3) is 3.37. The number of amides is 1. The van der Waals surface area contributed by atoms with E-state index in [2.05, 4.69) is 47.0 Å². The number of carbonyl (C=O) groups excluding carboxylic acids is 1. The summed E-state index contributed by atoms with van der Waals surface area (Å²) in [5, 5.41) is 8.90. The highest BCUT2D eigenvalue weighted by Crippen LogP contribution is 2.44. The number of halogens is 2. The van der Waals surface area contributed by atoms with Crippen molar-refractivity contribution in [1.82, 2.24) is 15.2 Å². The maximum absolute atomic E-state index is 12.6. The standard InChI is InChI=1S/C17H12Br2N4O3S/c1-8(24)23-11-4-3-9(18)7-10(11)14-15(20-17(27-2)22-21-14)26-16(23)12-5-6-13(19)25-12/h3-7,16H,1-2H3. The average Bonchev–Trinajstić information content (AvgIpc) is 3.02. The number of nitrogens with zero attached hydrogens (tertiary/aromatic N) is 4. The molecule has 3 aromatic rings. The molecule has 1 unspecified atom stereocenters. The van der Waals surface area contributed by atoms with Crippen LogP contribution in [0.25, 0.3) is 11.3 Å². The van der Waals surface area contributed by atoms with E-state index in [9.17, 15) is 4.79 Å². The minimum atomic E-state index is -0.832.